The van der Waals surface area contributed by atoms with Gasteiger partial charge in [-0.15, -0.1) is 0 Å². The van der Waals surface area contributed by atoms with Crippen LogP contribution < -0.4 is 4.90 Å². The largest absolute Gasteiger partial charge is 0.303 e. The Hall–Kier alpha value is -1.42. The molecule has 5 heteroatoms. The summed E-state index contributed by atoms with van der Waals surface area (Å²) in [6.07, 6.45) is 3.06. The molecule has 0 saturated carbocycles. The van der Waals surface area contributed by atoms with Crippen molar-refractivity contribution in [2.45, 2.75) is 13.3 Å². The van der Waals surface area contributed by atoms with Crippen LogP contribution in [0.1, 0.15) is 12.0 Å². The van der Waals surface area contributed by atoms with Crippen LogP contribution in [0.15, 0.2) is 12.4 Å². The predicted octanol–water partition coefficient (Wildman–Crippen LogP) is 1.35. The van der Waals surface area contributed by atoms with E-state index in [4.69, 9.17) is 11.6 Å². The summed E-state index contributed by atoms with van der Waals surface area (Å²) in [6, 6.07) is 0. The Labute approximate surface area is 91.9 Å². The molecule has 1 fully saturated rings. The summed E-state index contributed by atoms with van der Waals surface area (Å²) in [5, 5.41) is 0.401. The second-order valence-electron chi connectivity index (χ2n) is 3.48. The number of nitrogens with zero attached hydrogens (tertiary/aromatic N) is 2. The van der Waals surface area contributed by atoms with E-state index in [2.05, 4.69) is 4.98 Å². The van der Waals surface area contributed by atoms with Crippen LogP contribution in [0.5, 0.6) is 0 Å². The lowest BCUT2D eigenvalue weighted by atomic mass is 10.2. The number of pyridine rings is 1. The lowest BCUT2D eigenvalue weighted by Crippen LogP contribution is -2.25. The topological polar surface area (TPSA) is 50.3 Å². The molecule has 2 rings (SSSR count). The van der Waals surface area contributed by atoms with Gasteiger partial charge in [0, 0.05) is 12.4 Å². The summed E-state index contributed by atoms with van der Waals surface area (Å²) < 4.78 is 0. The number of anilines is 1. The summed E-state index contributed by atoms with van der Waals surface area (Å²) in [5.41, 5.74) is 1.40. The van der Waals surface area contributed by atoms with Crippen molar-refractivity contribution in [3.8, 4) is 0 Å². The molecule has 0 aliphatic carbocycles. The molecule has 1 saturated heterocycles. The summed E-state index contributed by atoms with van der Waals surface area (Å²) in [7, 11) is 0. The minimum Gasteiger partial charge on any atom is -0.303 e. The highest BCUT2D eigenvalue weighted by molar-refractivity contribution is 6.34. The van der Waals surface area contributed by atoms with Crippen LogP contribution >= 0.6 is 11.6 Å². The van der Waals surface area contributed by atoms with Gasteiger partial charge in [0.05, 0.1) is 23.7 Å². The minimum absolute atomic E-state index is 0.0297. The zero-order valence-corrected chi connectivity index (χ0v) is 8.91. The fraction of sp³-hybridized carbons (Fsp3) is 0.300. The molecule has 1 aliphatic heterocycles. The highest BCUT2D eigenvalue weighted by Gasteiger charge is 2.30. The first-order valence-electron chi connectivity index (χ1n) is 4.52. The molecule has 4 nitrogen and oxygen atoms in total. The molecule has 0 unspecified atom stereocenters. The van der Waals surface area contributed by atoms with Crippen molar-refractivity contribution in [1.82, 2.24) is 4.98 Å². The number of hydrogen-bond acceptors (Lipinski definition) is 3. The van der Waals surface area contributed by atoms with Crippen LogP contribution in [0.25, 0.3) is 0 Å². The lowest BCUT2D eigenvalue weighted by molar-refractivity contribution is -0.121. The molecule has 0 aromatic carbocycles. The number of amides is 1. The average molecular weight is 225 g/mol. The molecule has 0 radical (unpaired) electrons. The van der Waals surface area contributed by atoms with Crippen molar-refractivity contribution >= 4 is 29.0 Å². The molecule has 0 bridgehead atoms. The summed E-state index contributed by atoms with van der Waals surface area (Å²) in [6.45, 7) is 1.92. The number of aromatic nitrogens is 1. The number of carbonyl (C=O) groups excluding carboxylic acids is 2. The zero-order valence-electron chi connectivity index (χ0n) is 8.16. The second-order valence-corrected chi connectivity index (χ2v) is 3.89. The Morgan fingerprint density at radius 1 is 1.40 bits per heavy atom. The quantitative estimate of drug-likeness (QED) is 0.677. The maximum absolute atomic E-state index is 11.5. The zero-order chi connectivity index (χ0) is 11.0. The average Bonchev–Trinajstić information content (AvgIpc) is 2.45. The van der Waals surface area contributed by atoms with Gasteiger partial charge in [-0.05, 0) is 12.5 Å². The van der Waals surface area contributed by atoms with Crippen LogP contribution in [-0.4, -0.2) is 23.2 Å². The van der Waals surface area contributed by atoms with Gasteiger partial charge in [-0.25, -0.2) is 0 Å². The van der Waals surface area contributed by atoms with E-state index in [1.54, 1.807) is 6.20 Å². The van der Waals surface area contributed by atoms with E-state index in [1.165, 1.54) is 11.1 Å². The van der Waals surface area contributed by atoms with Crippen molar-refractivity contribution in [1.29, 1.82) is 0 Å². The lowest BCUT2D eigenvalue weighted by Gasteiger charge is -2.18. The number of hydrogen-bond donors (Lipinski definition) is 0. The fourth-order valence-electron chi connectivity index (χ4n) is 1.66. The summed E-state index contributed by atoms with van der Waals surface area (Å²) >= 11 is 5.95. The maximum atomic E-state index is 11.5. The number of ketones is 1. The summed E-state index contributed by atoms with van der Waals surface area (Å²) in [4.78, 5) is 28.0. The van der Waals surface area contributed by atoms with E-state index in [9.17, 15) is 9.59 Å². The van der Waals surface area contributed by atoms with Gasteiger partial charge in [0.1, 0.15) is 0 Å². The van der Waals surface area contributed by atoms with E-state index in [1.807, 2.05) is 6.92 Å². The van der Waals surface area contributed by atoms with Crippen molar-refractivity contribution in [2.75, 3.05) is 11.4 Å². The van der Waals surface area contributed by atoms with E-state index in [0.29, 0.717) is 10.7 Å². The normalized spacial score (nSPS) is 16.3. The monoisotopic (exact) mass is 224 g/mol. The van der Waals surface area contributed by atoms with Gasteiger partial charge in [-0.3, -0.25) is 14.6 Å². The van der Waals surface area contributed by atoms with E-state index in [0.717, 1.165) is 5.56 Å². The van der Waals surface area contributed by atoms with Gasteiger partial charge in [0.2, 0.25) is 5.91 Å². The minimum atomic E-state index is -0.198. The van der Waals surface area contributed by atoms with Crippen molar-refractivity contribution in [3.05, 3.63) is 23.0 Å². The van der Waals surface area contributed by atoms with Gasteiger partial charge >= 0.3 is 0 Å². The number of aryl methyl sites for hydroxylation is 1. The molecular formula is C10H9ClN2O2. The molecular weight excluding hydrogens is 216 g/mol. The third-order valence-corrected chi connectivity index (χ3v) is 2.59. The Bertz CT molecular complexity index is 425. The molecule has 1 aliphatic rings. The van der Waals surface area contributed by atoms with Crippen LogP contribution in [0.2, 0.25) is 5.02 Å². The first-order valence-corrected chi connectivity index (χ1v) is 4.89. The van der Waals surface area contributed by atoms with E-state index >= 15 is 0 Å². The Morgan fingerprint density at radius 3 is 2.67 bits per heavy atom. The SMILES string of the molecule is Cc1cncc(Cl)c1N1CC(=O)CC1=O. The number of carbonyl (C=O) groups is 2. The number of rotatable bonds is 1. The fourth-order valence-corrected chi connectivity index (χ4v) is 1.96. The molecule has 1 aromatic rings. The third kappa shape index (κ3) is 1.72. The van der Waals surface area contributed by atoms with Crippen molar-refractivity contribution < 1.29 is 9.59 Å². The van der Waals surface area contributed by atoms with E-state index in [-0.39, 0.29) is 24.7 Å². The van der Waals surface area contributed by atoms with Gasteiger partial charge in [-0.2, -0.15) is 0 Å². The van der Waals surface area contributed by atoms with Crippen LogP contribution in [0.3, 0.4) is 0 Å². The molecule has 78 valence electrons. The first kappa shape index (κ1) is 10.1. The number of Topliss-reactive ketones (excluding diaryl/α,β-unsaturated/α-hetero) is 1. The van der Waals surface area contributed by atoms with Gasteiger partial charge in [0.25, 0.3) is 0 Å². The summed E-state index contributed by atoms with van der Waals surface area (Å²) in [5.74, 6) is -0.275. The molecule has 15 heavy (non-hydrogen) atoms. The van der Waals surface area contributed by atoms with Gasteiger partial charge in [-0.1, -0.05) is 11.6 Å². The molecule has 2 heterocycles. The molecule has 0 spiro atoms. The Balaban J connectivity index is 2.46. The van der Waals surface area contributed by atoms with Crippen LogP contribution in [0, 0.1) is 6.92 Å². The third-order valence-electron chi connectivity index (χ3n) is 2.31. The standard InChI is InChI=1S/C10H9ClN2O2/c1-6-3-12-4-8(11)10(6)13-5-7(14)2-9(13)15/h3-4H,2,5H2,1H3. The van der Waals surface area contributed by atoms with Crippen molar-refractivity contribution in [2.24, 2.45) is 0 Å². The predicted molar refractivity (Wildman–Crippen MR) is 56.0 cm³/mol. The number of halogens is 1. The maximum Gasteiger partial charge on any atom is 0.234 e. The highest BCUT2D eigenvalue weighted by Crippen LogP contribution is 2.30. The molecule has 1 aromatic heterocycles. The smallest absolute Gasteiger partial charge is 0.234 e. The Kier molecular flexibility index (Phi) is 2.44. The highest BCUT2D eigenvalue weighted by atomic mass is 35.5. The molecule has 0 atom stereocenters. The van der Waals surface area contributed by atoms with Crippen LogP contribution in [-0.2, 0) is 9.59 Å². The van der Waals surface area contributed by atoms with E-state index < -0.39 is 0 Å². The van der Waals surface area contributed by atoms with Gasteiger partial charge in [0.15, 0.2) is 5.78 Å². The second kappa shape index (κ2) is 3.62. The Morgan fingerprint density at radius 2 is 2.13 bits per heavy atom. The molecule has 0 N–H and O–H groups in total. The molecule has 1 amide bonds. The van der Waals surface area contributed by atoms with Crippen LogP contribution in [0.4, 0.5) is 5.69 Å². The van der Waals surface area contributed by atoms with Gasteiger partial charge < -0.3 is 4.90 Å². The van der Waals surface area contributed by atoms with Crippen molar-refractivity contribution in [3.63, 3.8) is 0 Å². The first-order chi connectivity index (χ1) is 7.09.